The number of fused-ring (bicyclic) bond motifs is 1. The molecule has 0 saturated carbocycles. The fourth-order valence-electron chi connectivity index (χ4n) is 3.36. The molecule has 1 fully saturated rings. The maximum absolute atomic E-state index is 12.6. The number of ether oxygens (including phenoxy) is 2. The molecular formula is C17H19F3N4O3. The van der Waals surface area contributed by atoms with E-state index in [4.69, 9.17) is 10.00 Å². The third-order valence-electron chi connectivity index (χ3n) is 4.54. The van der Waals surface area contributed by atoms with E-state index in [2.05, 4.69) is 15.0 Å². The Labute approximate surface area is 154 Å². The smallest absolute Gasteiger partial charge is 0.485 e. The summed E-state index contributed by atoms with van der Waals surface area (Å²) in [6, 6.07) is 2.98. The van der Waals surface area contributed by atoms with Crippen molar-refractivity contribution in [1.29, 1.82) is 5.26 Å². The van der Waals surface area contributed by atoms with E-state index in [-0.39, 0.29) is 5.96 Å². The van der Waals surface area contributed by atoms with Gasteiger partial charge >= 0.3 is 6.36 Å². The lowest BCUT2D eigenvalue weighted by Crippen LogP contribution is -2.58. The van der Waals surface area contributed by atoms with Crippen molar-refractivity contribution in [2.24, 2.45) is 4.99 Å². The van der Waals surface area contributed by atoms with Crippen LogP contribution in [0.3, 0.4) is 0 Å². The summed E-state index contributed by atoms with van der Waals surface area (Å²) in [5, 5.41) is 22.8. The molecular weight excluding hydrogens is 365 g/mol. The minimum Gasteiger partial charge on any atom is -0.485 e. The second kappa shape index (κ2) is 6.81. The summed E-state index contributed by atoms with van der Waals surface area (Å²) in [4.78, 5) is 5.43. The Morgan fingerprint density at radius 1 is 1.44 bits per heavy atom. The van der Waals surface area contributed by atoms with Crippen molar-refractivity contribution < 1.29 is 27.8 Å². The van der Waals surface area contributed by atoms with Crippen molar-refractivity contribution >= 4 is 5.96 Å². The number of aliphatic hydroxyl groups is 1. The van der Waals surface area contributed by atoms with E-state index in [1.807, 2.05) is 0 Å². The standard InChI is InChI=1S/C17H19F3N4O3/c1-16(2)14(25)13(24-7-3-6-22-15(24)23-9-21)11-8-10(26-17(18,19)20)4-5-12(11)27-16/h4-5,8,13-14,25H,3,6-7H2,1-2H3,(H,22,23). The van der Waals surface area contributed by atoms with Crippen LogP contribution in [-0.2, 0) is 0 Å². The number of benzene rings is 1. The molecule has 0 bridgehead atoms. The highest BCUT2D eigenvalue weighted by atomic mass is 19.4. The molecule has 7 nitrogen and oxygen atoms in total. The van der Waals surface area contributed by atoms with Crippen molar-refractivity contribution in [2.75, 3.05) is 13.1 Å². The van der Waals surface area contributed by atoms with Crippen LogP contribution in [0.1, 0.15) is 31.9 Å². The van der Waals surface area contributed by atoms with Gasteiger partial charge in [0.05, 0.1) is 6.04 Å². The minimum absolute atomic E-state index is 0.263. The number of aliphatic hydroxyl groups excluding tert-OH is 1. The predicted octanol–water partition coefficient (Wildman–Crippen LogP) is 2.29. The van der Waals surface area contributed by atoms with Crippen LogP contribution in [0.25, 0.3) is 0 Å². The molecule has 0 aromatic heterocycles. The average Bonchev–Trinajstić information content (AvgIpc) is 2.56. The van der Waals surface area contributed by atoms with E-state index in [0.717, 1.165) is 6.07 Å². The number of guanidine groups is 1. The number of hydrogen-bond acceptors (Lipinski definition) is 5. The van der Waals surface area contributed by atoms with Crippen LogP contribution in [0.4, 0.5) is 13.2 Å². The molecule has 1 aromatic rings. The number of nitrogens with zero attached hydrogens (tertiary/aromatic N) is 3. The molecule has 0 amide bonds. The molecule has 1 saturated heterocycles. The van der Waals surface area contributed by atoms with Gasteiger partial charge in [0.15, 0.2) is 0 Å². The first kappa shape index (κ1) is 19.1. The second-order valence-corrected chi connectivity index (χ2v) is 6.85. The lowest BCUT2D eigenvalue weighted by molar-refractivity contribution is -0.274. The number of alkyl halides is 3. The van der Waals surface area contributed by atoms with E-state index < -0.39 is 29.9 Å². The molecule has 1 aromatic carbocycles. The Balaban J connectivity index is 2.08. The quantitative estimate of drug-likeness (QED) is 0.761. The number of nitriles is 1. The Hall–Kier alpha value is -2.67. The molecule has 0 spiro atoms. The molecule has 3 rings (SSSR count). The normalized spacial score (nSPS) is 25.8. The highest BCUT2D eigenvalue weighted by molar-refractivity contribution is 5.82. The number of hydrogen-bond donors (Lipinski definition) is 2. The predicted molar refractivity (Wildman–Crippen MR) is 89.0 cm³/mol. The van der Waals surface area contributed by atoms with Gasteiger partial charge in [0.2, 0.25) is 12.2 Å². The molecule has 2 atom stereocenters. The molecule has 10 heteroatoms. The van der Waals surface area contributed by atoms with E-state index in [1.54, 1.807) is 24.9 Å². The molecule has 27 heavy (non-hydrogen) atoms. The van der Waals surface area contributed by atoms with Gasteiger partial charge in [0, 0.05) is 18.7 Å². The SMILES string of the molecule is CC1(C)Oc2ccc(OC(F)(F)F)cc2C(N2CCCN/C2=N/C#N)C1O. The van der Waals surface area contributed by atoms with Crippen LogP contribution in [0, 0.1) is 11.5 Å². The maximum atomic E-state index is 12.6. The summed E-state index contributed by atoms with van der Waals surface area (Å²) in [5.41, 5.74) is -0.669. The van der Waals surface area contributed by atoms with Gasteiger partial charge in [-0.25, -0.2) is 0 Å². The van der Waals surface area contributed by atoms with E-state index >= 15 is 0 Å². The third kappa shape index (κ3) is 3.88. The lowest BCUT2D eigenvalue weighted by atomic mass is 9.85. The maximum Gasteiger partial charge on any atom is 0.573 e. The van der Waals surface area contributed by atoms with Gasteiger partial charge in [0.25, 0.3) is 0 Å². The zero-order chi connectivity index (χ0) is 19.8. The molecule has 0 aliphatic carbocycles. The summed E-state index contributed by atoms with van der Waals surface area (Å²) in [7, 11) is 0. The largest absolute Gasteiger partial charge is 0.573 e. The lowest BCUT2D eigenvalue weighted by Gasteiger charge is -2.48. The third-order valence-corrected chi connectivity index (χ3v) is 4.54. The van der Waals surface area contributed by atoms with Gasteiger partial charge in [-0.1, -0.05) is 0 Å². The fraction of sp³-hybridized carbons (Fsp3) is 0.529. The van der Waals surface area contributed by atoms with Crippen LogP contribution < -0.4 is 14.8 Å². The first-order chi connectivity index (χ1) is 12.6. The Kier molecular flexibility index (Phi) is 4.82. The summed E-state index contributed by atoms with van der Waals surface area (Å²) in [5.74, 6) is 0.191. The van der Waals surface area contributed by atoms with Gasteiger partial charge in [-0.2, -0.15) is 5.26 Å². The van der Waals surface area contributed by atoms with Crippen LogP contribution >= 0.6 is 0 Å². The highest BCUT2D eigenvalue weighted by Crippen LogP contribution is 2.45. The molecule has 2 unspecified atom stereocenters. The monoisotopic (exact) mass is 384 g/mol. The van der Waals surface area contributed by atoms with Crippen LogP contribution in [0.5, 0.6) is 11.5 Å². The van der Waals surface area contributed by atoms with Gasteiger partial charge in [-0.05, 0) is 38.5 Å². The van der Waals surface area contributed by atoms with Crippen molar-refractivity contribution in [1.82, 2.24) is 10.2 Å². The second-order valence-electron chi connectivity index (χ2n) is 6.85. The van der Waals surface area contributed by atoms with Crippen LogP contribution in [-0.4, -0.2) is 47.1 Å². The first-order valence-corrected chi connectivity index (χ1v) is 8.36. The van der Waals surface area contributed by atoms with Crippen molar-refractivity contribution in [2.45, 2.75) is 44.4 Å². The highest BCUT2D eigenvalue weighted by Gasteiger charge is 2.47. The summed E-state index contributed by atoms with van der Waals surface area (Å²) in [6.45, 7) is 4.44. The van der Waals surface area contributed by atoms with Gasteiger partial charge in [-0.15, -0.1) is 18.2 Å². The van der Waals surface area contributed by atoms with Crippen molar-refractivity contribution in [3.05, 3.63) is 23.8 Å². The fourth-order valence-corrected chi connectivity index (χ4v) is 3.36. The van der Waals surface area contributed by atoms with E-state index in [9.17, 15) is 18.3 Å². The average molecular weight is 384 g/mol. The summed E-state index contributed by atoms with van der Waals surface area (Å²) >= 11 is 0. The number of halogens is 3. The number of nitrogens with one attached hydrogen (secondary N) is 1. The zero-order valence-electron chi connectivity index (χ0n) is 14.7. The molecule has 2 aliphatic rings. The van der Waals surface area contributed by atoms with Crippen molar-refractivity contribution in [3.8, 4) is 17.7 Å². The summed E-state index contributed by atoms with van der Waals surface area (Å²) < 4.78 is 47.6. The number of rotatable bonds is 2. The number of aliphatic imine (C=N–C) groups is 1. The Morgan fingerprint density at radius 3 is 2.85 bits per heavy atom. The Bertz CT molecular complexity index is 789. The molecule has 2 heterocycles. The topological polar surface area (TPSA) is 90.1 Å². The molecule has 2 N–H and O–H groups in total. The Morgan fingerprint density at radius 2 is 2.19 bits per heavy atom. The van der Waals surface area contributed by atoms with Gasteiger partial charge in [-0.3, -0.25) is 0 Å². The molecule has 2 aliphatic heterocycles. The van der Waals surface area contributed by atoms with Gasteiger partial charge < -0.3 is 24.8 Å². The van der Waals surface area contributed by atoms with E-state index in [0.29, 0.717) is 30.8 Å². The van der Waals surface area contributed by atoms with Crippen molar-refractivity contribution in [3.63, 3.8) is 0 Å². The molecule has 0 radical (unpaired) electrons. The van der Waals surface area contributed by atoms with E-state index in [1.165, 1.54) is 12.1 Å². The van der Waals surface area contributed by atoms with Gasteiger partial charge in [0.1, 0.15) is 23.2 Å². The molecule has 146 valence electrons. The zero-order valence-corrected chi connectivity index (χ0v) is 14.7. The van der Waals surface area contributed by atoms with Crippen LogP contribution in [0.15, 0.2) is 23.2 Å². The minimum atomic E-state index is -4.84. The van der Waals surface area contributed by atoms with Crippen LogP contribution in [0.2, 0.25) is 0 Å². The summed E-state index contributed by atoms with van der Waals surface area (Å²) in [6.07, 6.45) is -3.51. The first-order valence-electron chi connectivity index (χ1n) is 8.36.